The van der Waals surface area contributed by atoms with Crippen LogP contribution in [-0.4, -0.2) is 49.1 Å². The normalized spacial score (nSPS) is 46.8. The molecule has 2 heterocycles. The molecule has 0 saturated heterocycles. The number of carbonyl (C=O) groups excluding carboxylic acids is 4. The molecule has 6 fully saturated rings. The van der Waals surface area contributed by atoms with E-state index in [9.17, 15) is 19.2 Å². The zero-order valence-corrected chi connectivity index (χ0v) is 32.4. The molecular formula is C43H64N2O6. The number of rotatable bonds is 2. The van der Waals surface area contributed by atoms with E-state index in [-0.39, 0.29) is 57.6 Å². The van der Waals surface area contributed by atoms with Crippen molar-refractivity contribution in [1.29, 1.82) is 0 Å². The standard InChI is InChI=1S/C22H33NO3.C21H31NO3/c1-13-11-15-16-5-6-19(26-14(2)24)22(16,4)8-7-17(15)21(3)9-10-23-20(25)12-18(13)21;1-13(23)25-18-7-6-16-15-5-4-14-12-19(24)22-11-10-20(14,2)17(15)8-9-21(16,18)3/h12-13,15-17,19H,5-11H2,1-4H3,(H,23,25);12,15-18H,4-11H2,1-3H3,(H,22,24)/t13?,15-,16-,17-,19?,21+,22-;15-,16-,17-,18?,20-,21-/m00/s1. The smallest absolute Gasteiger partial charge is 0.302 e. The van der Waals surface area contributed by atoms with Gasteiger partial charge in [0.1, 0.15) is 12.2 Å². The maximum atomic E-state index is 12.1. The van der Waals surface area contributed by atoms with E-state index >= 15 is 0 Å². The van der Waals surface area contributed by atoms with Gasteiger partial charge < -0.3 is 20.1 Å². The fourth-order valence-electron chi connectivity index (χ4n) is 14.3. The van der Waals surface area contributed by atoms with E-state index in [0.717, 1.165) is 58.0 Å². The van der Waals surface area contributed by atoms with Gasteiger partial charge in [0.2, 0.25) is 11.8 Å². The van der Waals surface area contributed by atoms with Crippen LogP contribution in [0.4, 0.5) is 0 Å². The lowest BCUT2D eigenvalue weighted by Crippen LogP contribution is -2.52. The highest BCUT2D eigenvalue weighted by Gasteiger charge is 2.62. The van der Waals surface area contributed by atoms with E-state index in [0.29, 0.717) is 41.4 Å². The summed E-state index contributed by atoms with van der Waals surface area (Å²) in [7, 11) is 0. The zero-order chi connectivity index (χ0) is 36.5. The Kier molecular flexibility index (Phi) is 9.60. The summed E-state index contributed by atoms with van der Waals surface area (Å²) in [4.78, 5) is 47.2. The van der Waals surface area contributed by atoms with Gasteiger partial charge in [-0.25, -0.2) is 0 Å². The average molecular weight is 705 g/mol. The molecule has 8 aliphatic rings. The SMILES string of the molecule is CC(=O)OC1CC[C@H]2[C@@H]3CC(C)C4=CC(=O)NCC[C@]4(C)[C@H]3CC[C@]12C.CC(=O)OC1CC[C@H]2[C@@H]3CCC4=CC(=O)NCC[C@]4(C)[C@H]3CC[C@]12C. The van der Waals surface area contributed by atoms with Crippen LogP contribution in [0.15, 0.2) is 23.3 Å². The minimum Gasteiger partial charge on any atom is -0.462 e. The number of carbonyl (C=O) groups is 4. The monoisotopic (exact) mass is 704 g/mol. The molecule has 3 unspecified atom stereocenters. The van der Waals surface area contributed by atoms with Crippen molar-refractivity contribution in [2.45, 2.75) is 144 Å². The number of nitrogens with one attached hydrogen (secondary N) is 2. The first kappa shape index (κ1) is 36.7. The van der Waals surface area contributed by atoms with Crippen LogP contribution in [-0.2, 0) is 28.7 Å². The maximum absolute atomic E-state index is 12.1. The molecule has 8 nitrogen and oxygen atoms in total. The van der Waals surface area contributed by atoms with Crippen molar-refractivity contribution < 1.29 is 28.7 Å². The van der Waals surface area contributed by atoms with E-state index in [2.05, 4.69) is 45.3 Å². The number of esters is 2. The van der Waals surface area contributed by atoms with Crippen LogP contribution in [0.1, 0.15) is 132 Å². The Labute approximate surface area is 306 Å². The molecule has 6 saturated carbocycles. The van der Waals surface area contributed by atoms with Crippen molar-refractivity contribution in [3.8, 4) is 0 Å². The van der Waals surface area contributed by atoms with Crippen molar-refractivity contribution >= 4 is 23.8 Å². The van der Waals surface area contributed by atoms with Crippen molar-refractivity contribution in [1.82, 2.24) is 10.6 Å². The van der Waals surface area contributed by atoms with Gasteiger partial charge in [-0.3, -0.25) is 19.2 Å². The van der Waals surface area contributed by atoms with Crippen LogP contribution in [0.2, 0.25) is 0 Å². The third kappa shape index (κ3) is 6.10. The van der Waals surface area contributed by atoms with Crippen molar-refractivity contribution in [2.75, 3.05) is 13.1 Å². The molecule has 8 rings (SSSR count). The minimum absolute atomic E-state index is 0.0865. The third-order valence-corrected chi connectivity index (χ3v) is 16.7. The van der Waals surface area contributed by atoms with Gasteiger partial charge in [-0.2, -0.15) is 0 Å². The van der Waals surface area contributed by atoms with Crippen molar-refractivity contribution in [3.63, 3.8) is 0 Å². The van der Waals surface area contributed by atoms with Crippen LogP contribution < -0.4 is 10.6 Å². The Hall–Kier alpha value is -2.64. The predicted molar refractivity (Wildman–Crippen MR) is 196 cm³/mol. The number of hydrogen-bond acceptors (Lipinski definition) is 6. The van der Waals surface area contributed by atoms with E-state index in [4.69, 9.17) is 9.47 Å². The molecule has 0 aromatic heterocycles. The Bertz CT molecular complexity index is 1500. The first-order chi connectivity index (χ1) is 24.1. The van der Waals surface area contributed by atoms with E-state index < -0.39 is 0 Å². The Balaban J connectivity index is 0.000000159. The van der Waals surface area contributed by atoms with Crippen LogP contribution in [0.25, 0.3) is 0 Å². The molecular weight excluding hydrogens is 640 g/mol. The average Bonchev–Trinajstić information content (AvgIpc) is 3.43. The fourth-order valence-corrected chi connectivity index (χ4v) is 14.3. The number of ether oxygens (including phenoxy) is 2. The van der Waals surface area contributed by atoms with Gasteiger partial charge in [-0.1, -0.05) is 45.8 Å². The summed E-state index contributed by atoms with van der Waals surface area (Å²) in [6.45, 7) is 16.5. The highest BCUT2D eigenvalue weighted by Crippen LogP contribution is 2.67. The van der Waals surface area contributed by atoms with Crippen LogP contribution in [0.3, 0.4) is 0 Å². The van der Waals surface area contributed by atoms with E-state index in [1.54, 1.807) is 6.92 Å². The highest BCUT2D eigenvalue weighted by atomic mass is 16.5. The second-order valence-electron chi connectivity index (χ2n) is 19.1. The number of fused-ring (bicyclic) bond motifs is 10. The Morgan fingerprint density at radius 1 is 0.647 bits per heavy atom. The fraction of sp³-hybridized carbons (Fsp3) is 0.814. The van der Waals surface area contributed by atoms with Crippen molar-refractivity contribution in [3.05, 3.63) is 23.3 Å². The topological polar surface area (TPSA) is 111 Å². The van der Waals surface area contributed by atoms with Crippen LogP contribution in [0, 0.1) is 63.1 Å². The second-order valence-corrected chi connectivity index (χ2v) is 19.1. The molecule has 8 heteroatoms. The maximum Gasteiger partial charge on any atom is 0.302 e. The first-order valence-electron chi connectivity index (χ1n) is 20.4. The van der Waals surface area contributed by atoms with Gasteiger partial charge in [0.15, 0.2) is 0 Å². The van der Waals surface area contributed by atoms with Gasteiger partial charge >= 0.3 is 11.9 Å². The Morgan fingerprint density at radius 2 is 1.16 bits per heavy atom. The second kappa shape index (κ2) is 13.3. The summed E-state index contributed by atoms with van der Waals surface area (Å²) in [5.41, 5.74) is 3.31. The lowest BCUT2D eigenvalue weighted by atomic mass is 9.46. The summed E-state index contributed by atoms with van der Waals surface area (Å²) < 4.78 is 11.5. The molecule has 0 aromatic rings. The molecule has 2 amide bonds. The first-order valence-corrected chi connectivity index (χ1v) is 20.4. The molecule has 282 valence electrons. The highest BCUT2D eigenvalue weighted by molar-refractivity contribution is 5.89. The lowest BCUT2D eigenvalue weighted by Gasteiger charge is -2.58. The third-order valence-electron chi connectivity index (χ3n) is 16.7. The molecule has 2 aliphatic heterocycles. The number of amides is 2. The summed E-state index contributed by atoms with van der Waals surface area (Å²) in [6, 6.07) is 0. The van der Waals surface area contributed by atoms with E-state index in [1.165, 1.54) is 56.6 Å². The van der Waals surface area contributed by atoms with Gasteiger partial charge in [-0.15, -0.1) is 0 Å². The van der Waals surface area contributed by atoms with Gasteiger partial charge in [-0.05, 0) is 136 Å². The van der Waals surface area contributed by atoms with Crippen molar-refractivity contribution in [2.24, 2.45) is 63.1 Å². The summed E-state index contributed by atoms with van der Waals surface area (Å²) in [6.07, 6.45) is 18.5. The molecule has 51 heavy (non-hydrogen) atoms. The zero-order valence-electron chi connectivity index (χ0n) is 32.4. The molecule has 0 spiro atoms. The van der Waals surface area contributed by atoms with Crippen LogP contribution >= 0.6 is 0 Å². The summed E-state index contributed by atoms with van der Waals surface area (Å²) in [5, 5.41) is 6.08. The van der Waals surface area contributed by atoms with Gasteiger partial charge in [0, 0.05) is 49.9 Å². The molecule has 2 N–H and O–H groups in total. The summed E-state index contributed by atoms with van der Waals surface area (Å²) >= 11 is 0. The summed E-state index contributed by atoms with van der Waals surface area (Å²) in [5.74, 6) is 4.35. The van der Waals surface area contributed by atoms with Crippen LogP contribution in [0.5, 0.6) is 0 Å². The van der Waals surface area contributed by atoms with Gasteiger partial charge in [0.05, 0.1) is 0 Å². The Morgan fingerprint density at radius 3 is 1.73 bits per heavy atom. The quantitative estimate of drug-likeness (QED) is 0.289. The van der Waals surface area contributed by atoms with Gasteiger partial charge in [0.25, 0.3) is 0 Å². The molecule has 6 aliphatic carbocycles. The van der Waals surface area contributed by atoms with E-state index in [1.807, 2.05) is 12.2 Å². The lowest BCUT2D eigenvalue weighted by molar-refractivity contribution is -0.158. The molecule has 0 aromatic carbocycles. The number of hydrogen-bond donors (Lipinski definition) is 2. The molecule has 0 bridgehead atoms. The minimum atomic E-state index is -0.137. The number of allylic oxidation sites excluding steroid dienone is 2. The molecule has 13 atom stereocenters. The molecule has 0 radical (unpaired) electrons. The predicted octanol–water partition coefficient (Wildman–Crippen LogP) is 7.46. The largest absolute Gasteiger partial charge is 0.462 e.